The van der Waals surface area contributed by atoms with E-state index < -0.39 is 0 Å². The zero-order valence-electron chi connectivity index (χ0n) is 25.7. The van der Waals surface area contributed by atoms with Crippen LogP contribution in [0.2, 0.25) is 0 Å². The van der Waals surface area contributed by atoms with Crippen molar-refractivity contribution < 1.29 is 33.2 Å². The highest BCUT2D eigenvalue weighted by Gasteiger charge is 2.65. The van der Waals surface area contributed by atoms with Crippen molar-refractivity contribution in [3.63, 3.8) is 0 Å². The molecule has 4 aliphatic rings. The molecule has 4 saturated carbocycles. The Bertz CT molecular complexity index is 790. The molecule has 7 nitrogen and oxygen atoms in total. The summed E-state index contributed by atoms with van der Waals surface area (Å²) in [6.07, 6.45) is 11.5. The number of fused-ring (bicyclic) bond motifs is 5. The van der Waals surface area contributed by atoms with Crippen LogP contribution in [-0.2, 0) is 33.2 Å². The topological polar surface area (TPSA) is 72.5 Å². The molecular weight excluding hydrogens is 496 g/mol. The van der Waals surface area contributed by atoms with Gasteiger partial charge in [0.2, 0.25) is 0 Å². The minimum Gasteiger partial charge on any atom is -0.438 e. The van der Waals surface area contributed by atoms with Crippen molar-refractivity contribution in [3.05, 3.63) is 0 Å². The number of hydrogen-bond acceptors (Lipinski definition) is 7. The summed E-state index contributed by atoms with van der Waals surface area (Å²) >= 11 is 0. The maximum absolute atomic E-state index is 12.2. The van der Waals surface area contributed by atoms with E-state index in [2.05, 4.69) is 27.7 Å². The zero-order chi connectivity index (χ0) is 28.2. The molecule has 7 heteroatoms. The van der Waals surface area contributed by atoms with Crippen molar-refractivity contribution in [2.75, 3.05) is 41.7 Å². The molecule has 11 atom stereocenters. The second-order valence-corrected chi connectivity index (χ2v) is 13.6. The van der Waals surface area contributed by atoms with E-state index in [4.69, 9.17) is 28.4 Å². The standard InChI is InChI=1S/C32H56O7/c1-8-23-27-17-22(37-18-34-5)13-15-32(27,4)26-14-16-31(3)24(21(2)9-12-28(33)38-19-35-6)10-11-25(31)29(26)30(23)39-20-36-7/h21-27,29-30H,8-20H2,1-7H3/t21-,22-,23-,24-,25+,26+,27+,29+,30-,31-,32-/m1/s1. The Hall–Kier alpha value is -0.730. The summed E-state index contributed by atoms with van der Waals surface area (Å²) in [7, 11) is 5.01. The number of methoxy groups -OCH3 is 3. The predicted octanol–water partition coefficient (Wildman–Crippen LogP) is 6.43. The first-order valence-electron chi connectivity index (χ1n) is 15.6. The van der Waals surface area contributed by atoms with Crippen LogP contribution in [0, 0.1) is 52.3 Å². The fourth-order valence-electron chi connectivity index (χ4n) is 10.3. The van der Waals surface area contributed by atoms with Crippen molar-refractivity contribution in [1.82, 2.24) is 0 Å². The van der Waals surface area contributed by atoms with Gasteiger partial charge in [0.25, 0.3) is 0 Å². The molecule has 39 heavy (non-hydrogen) atoms. The van der Waals surface area contributed by atoms with Gasteiger partial charge in [-0.3, -0.25) is 4.79 Å². The second kappa shape index (κ2) is 13.5. The lowest BCUT2D eigenvalue weighted by atomic mass is 9.41. The molecule has 0 aromatic rings. The van der Waals surface area contributed by atoms with Gasteiger partial charge in [0.1, 0.15) is 13.6 Å². The van der Waals surface area contributed by atoms with E-state index in [-0.39, 0.29) is 30.4 Å². The normalized spacial score (nSPS) is 42.3. The lowest BCUT2D eigenvalue weighted by molar-refractivity contribution is -0.239. The average molecular weight is 553 g/mol. The van der Waals surface area contributed by atoms with Crippen LogP contribution in [0.5, 0.6) is 0 Å². The van der Waals surface area contributed by atoms with Crippen molar-refractivity contribution in [1.29, 1.82) is 0 Å². The van der Waals surface area contributed by atoms with Gasteiger partial charge in [-0.15, -0.1) is 0 Å². The molecule has 4 rings (SSSR count). The SMILES string of the molecule is CC[C@H]1[C@@H](OCOC)[C@@H]2[C@H](CC[C@]3(C)[C@@H]([C@H](C)CCC(=O)OCOC)CC[C@@H]23)[C@@]2(C)CC[C@@H](OCOC)C[C@@H]12. The molecule has 4 aliphatic carbocycles. The smallest absolute Gasteiger partial charge is 0.307 e. The largest absolute Gasteiger partial charge is 0.438 e. The van der Waals surface area contributed by atoms with E-state index in [1.807, 2.05) is 0 Å². The summed E-state index contributed by atoms with van der Waals surface area (Å²) in [5.41, 5.74) is 0.604. The van der Waals surface area contributed by atoms with Crippen LogP contribution in [0.25, 0.3) is 0 Å². The minimum absolute atomic E-state index is 0.0416. The van der Waals surface area contributed by atoms with E-state index in [1.165, 1.54) is 32.1 Å². The lowest BCUT2D eigenvalue weighted by Gasteiger charge is -2.65. The van der Waals surface area contributed by atoms with Crippen molar-refractivity contribution in [3.8, 4) is 0 Å². The summed E-state index contributed by atoms with van der Waals surface area (Å²) in [6, 6.07) is 0. The molecule has 0 amide bonds. The third-order valence-corrected chi connectivity index (χ3v) is 12.0. The summed E-state index contributed by atoms with van der Waals surface area (Å²) in [5.74, 6) is 3.96. The van der Waals surface area contributed by atoms with Crippen LogP contribution in [0.3, 0.4) is 0 Å². The van der Waals surface area contributed by atoms with E-state index in [9.17, 15) is 4.79 Å². The molecule has 0 heterocycles. The highest BCUT2D eigenvalue weighted by atomic mass is 16.7. The number of carbonyl (C=O) groups excluding carboxylic acids is 1. The number of hydrogen-bond donors (Lipinski definition) is 0. The molecule has 0 aromatic carbocycles. The molecule has 0 spiro atoms. The minimum atomic E-state index is -0.151. The Morgan fingerprint density at radius 3 is 2.21 bits per heavy atom. The summed E-state index contributed by atoms with van der Waals surface area (Å²) < 4.78 is 33.7. The van der Waals surface area contributed by atoms with Crippen LogP contribution >= 0.6 is 0 Å². The molecular formula is C32H56O7. The average Bonchev–Trinajstić information content (AvgIpc) is 3.29. The first kappa shape index (κ1) is 31.2. The number of carbonyl (C=O) groups is 1. The molecule has 0 unspecified atom stereocenters. The summed E-state index contributed by atoms with van der Waals surface area (Å²) in [4.78, 5) is 12.2. The van der Waals surface area contributed by atoms with Crippen molar-refractivity contribution >= 4 is 5.97 Å². The van der Waals surface area contributed by atoms with Crippen LogP contribution in [0.1, 0.15) is 91.9 Å². The fourth-order valence-corrected chi connectivity index (χ4v) is 10.3. The second-order valence-electron chi connectivity index (χ2n) is 13.6. The Labute approximate surface area is 237 Å². The number of ether oxygens (including phenoxy) is 6. The third kappa shape index (κ3) is 6.09. The third-order valence-electron chi connectivity index (χ3n) is 12.0. The van der Waals surface area contributed by atoms with Gasteiger partial charge in [-0.05, 0) is 104 Å². The van der Waals surface area contributed by atoms with Crippen LogP contribution in [0.4, 0.5) is 0 Å². The van der Waals surface area contributed by atoms with Gasteiger partial charge in [0, 0.05) is 27.8 Å². The van der Waals surface area contributed by atoms with E-state index in [0.717, 1.165) is 25.7 Å². The van der Waals surface area contributed by atoms with Crippen molar-refractivity contribution in [2.24, 2.45) is 52.3 Å². The molecule has 0 aliphatic heterocycles. The van der Waals surface area contributed by atoms with Crippen LogP contribution in [0.15, 0.2) is 0 Å². The molecule has 226 valence electrons. The molecule has 0 radical (unpaired) electrons. The monoisotopic (exact) mass is 552 g/mol. The van der Waals surface area contributed by atoms with Gasteiger partial charge in [-0.1, -0.05) is 34.1 Å². The molecule has 0 saturated heterocycles. The van der Waals surface area contributed by atoms with E-state index in [0.29, 0.717) is 66.8 Å². The van der Waals surface area contributed by atoms with Gasteiger partial charge in [-0.2, -0.15) is 0 Å². The first-order chi connectivity index (χ1) is 18.7. The fraction of sp³-hybridized carbons (Fsp3) is 0.969. The Balaban J connectivity index is 1.56. The maximum Gasteiger partial charge on any atom is 0.307 e. The van der Waals surface area contributed by atoms with Gasteiger partial charge >= 0.3 is 5.97 Å². The Kier molecular flexibility index (Phi) is 10.8. The predicted molar refractivity (Wildman–Crippen MR) is 150 cm³/mol. The van der Waals surface area contributed by atoms with E-state index >= 15 is 0 Å². The van der Waals surface area contributed by atoms with Gasteiger partial charge in [0.15, 0.2) is 6.79 Å². The Morgan fingerprint density at radius 2 is 1.51 bits per heavy atom. The maximum atomic E-state index is 12.2. The first-order valence-corrected chi connectivity index (χ1v) is 15.6. The summed E-state index contributed by atoms with van der Waals surface area (Å²) in [6.45, 7) is 10.7. The quantitative estimate of drug-likeness (QED) is 0.192. The van der Waals surface area contributed by atoms with Crippen LogP contribution in [-0.4, -0.2) is 59.9 Å². The zero-order valence-corrected chi connectivity index (χ0v) is 25.7. The van der Waals surface area contributed by atoms with Gasteiger partial charge in [-0.25, -0.2) is 0 Å². The number of esters is 1. The highest BCUT2D eigenvalue weighted by Crippen LogP contribution is 2.70. The molecule has 4 fully saturated rings. The Morgan fingerprint density at radius 1 is 0.846 bits per heavy atom. The molecule has 0 bridgehead atoms. The van der Waals surface area contributed by atoms with Gasteiger partial charge < -0.3 is 28.4 Å². The summed E-state index contributed by atoms with van der Waals surface area (Å²) in [5, 5.41) is 0. The van der Waals surface area contributed by atoms with Gasteiger partial charge in [0.05, 0.1) is 12.2 Å². The molecule has 0 aromatic heterocycles. The lowest BCUT2D eigenvalue weighted by Crippen LogP contribution is -2.63. The van der Waals surface area contributed by atoms with Crippen LogP contribution < -0.4 is 0 Å². The molecule has 0 N–H and O–H groups in total. The van der Waals surface area contributed by atoms with Crippen molar-refractivity contribution in [2.45, 2.75) is 104 Å². The number of rotatable bonds is 13. The van der Waals surface area contributed by atoms with E-state index in [1.54, 1.807) is 21.3 Å². The highest BCUT2D eigenvalue weighted by molar-refractivity contribution is 5.69.